The Morgan fingerprint density at radius 2 is 2.05 bits per heavy atom. The van der Waals surface area contributed by atoms with Crippen molar-refractivity contribution in [3.05, 3.63) is 35.9 Å². The van der Waals surface area contributed by atoms with Gasteiger partial charge in [-0.2, -0.15) is 0 Å². The van der Waals surface area contributed by atoms with Gasteiger partial charge in [0.25, 0.3) is 0 Å². The van der Waals surface area contributed by atoms with Gasteiger partial charge in [-0.1, -0.05) is 30.3 Å². The van der Waals surface area contributed by atoms with Crippen LogP contribution in [0.4, 0.5) is 4.79 Å². The van der Waals surface area contributed by atoms with Crippen molar-refractivity contribution >= 4 is 12.1 Å². The highest BCUT2D eigenvalue weighted by Crippen LogP contribution is 2.31. The van der Waals surface area contributed by atoms with Gasteiger partial charge in [-0.3, -0.25) is 4.90 Å². The van der Waals surface area contributed by atoms with Crippen LogP contribution in [0.25, 0.3) is 0 Å². The van der Waals surface area contributed by atoms with Crippen molar-refractivity contribution in [1.82, 2.24) is 4.90 Å². The minimum absolute atomic E-state index is 0.107. The molecule has 0 radical (unpaired) electrons. The van der Waals surface area contributed by atoms with E-state index in [1.165, 1.54) is 7.11 Å². The zero-order valence-corrected chi connectivity index (χ0v) is 11.2. The zero-order valence-electron chi connectivity index (χ0n) is 11.2. The van der Waals surface area contributed by atoms with Gasteiger partial charge in [0.15, 0.2) is 0 Å². The molecule has 1 aliphatic heterocycles. The predicted octanol–water partition coefficient (Wildman–Crippen LogP) is 1.85. The molecule has 0 bridgehead atoms. The lowest BCUT2D eigenvalue weighted by molar-refractivity contribution is -0.179. The number of methoxy groups -OCH3 is 1. The third-order valence-corrected chi connectivity index (χ3v) is 3.43. The maximum atomic E-state index is 12.1. The first-order chi connectivity index (χ1) is 9.60. The number of hydrogen-bond donors (Lipinski definition) is 1. The molecule has 0 saturated carbocycles. The molecule has 1 heterocycles. The number of aliphatic carboxylic acids is 1. The van der Waals surface area contributed by atoms with E-state index < -0.39 is 17.8 Å². The summed E-state index contributed by atoms with van der Waals surface area (Å²) in [7, 11) is 1.29. The van der Waals surface area contributed by atoms with Crippen LogP contribution < -0.4 is 0 Å². The van der Waals surface area contributed by atoms with Gasteiger partial charge in [0.05, 0.1) is 0 Å². The Morgan fingerprint density at radius 1 is 1.35 bits per heavy atom. The fourth-order valence-corrected chi connectivity index (χ4v) is 2.35. The number of benzene rings is 1. The number of rotatable bonds is 4. The van der Waals surface area contributed by atoms with Crippen LogP contribution in [0.2, 0.25) is 0 Å². The molecule has 20 heavy (non-hydrogen) atoms. The predicted molar refractivity (Wildman–Crippen MR) is 69.9 cm³/mol. The maximum Gasteiger partial charge on any atom is 0.412 e. The molecule has 0 spiro atoms. The molecule has 1 aliphatic rings. The van der Waals surface area contributed by atoms with E-state index in [-0.39, 0.29) is 13.0 Å². The molecule has 108 valence electrons. The number of hydrogen-bond acceptors (Lipinski definition) is 4. The van der Waals surface area contributed by atoms with Crippen molar-refractivity contribution in [3.8, 4) is 0 Å². The average molecular weight is 279 g/mol. The molecule has 6 heteroatoms. The average Bonchev–Trinajstić information content (AvgIpc) is 2.91. The summed E-state index contributed by atoms with van der Waals surface area (Å²) >= 11 is 0. The van der Waals surface area contributed by atoms with Crippen LogP contribution in [0.1, 0.15) is 18.4 Å². The smallest absolute Gasteiger partial charge is 0.412 e. The summed E-state index contributed by atoms with van der Waals surface area (Å²) in [5.74, 6) is -1.17. The molecule has 1 aromatic rings. The topological polar surface area (TPSA) is 76.1 Å². The molecule has 1 atom stereocenters. The first-order valence-corrected chi connectivity index (χ1v) is 6.37. The van der Waals surface area contributed by atoms with E-state index >= 15 is 0 Å². The second kappa shape index (κ2) is 5.92. The van der Waals surface area contributed by atoms with E-state index in [1.807, 2.05) is 30.3 Å². The molecule has 2 rings (SSSR count). The van der Waals surface area contributed by atoms with E-state index in [9.17, 15) is 14.7 Å². The van der Waals surface area contributed by atoms with E-state index in [4.69, 9.17) is 9.47 Å². The largest absolute Gasteiger partial charge is 0.478 e. The fourth-order valence-electron chi connectivity index (χ4n) is 2.35. The van der Waals surface area contributed by atoms with Crippen molar-refractivity contribution < 1.29 is 24.2 Å². The first kappa shape index (κ1) is 14.3. The van der Waals surface area contributed by atoms with Gasteiger partial charge in [0.2, 0.25) is 5.72 Å². The van der Waals surface area contributed by atoms with Crippen molar-refractivity contribution in [2.24, 2.45) is 0 Å². The Labute approximate surface area is 116 Å². The van der Waals surface area contributed by atoms with Crippen LogP contribution in [0, 0.1) is 0 Å². The van der Waals surface area contributed by atoms with Crippen LogP contribution in [-0.2, 0) is 20.9 Å². The molecule has 1 aromatic carbocycles. The summed E-state index contributed by atoms with van der Waals surface area (Å²) in [5, 5.41) is 9.29. The van der Waals surface area contributed by atoms with Gasteiger partial charge in [-0.25, -0.2) is 9.59 Å². The van der Waals surface area contributed by atoms with Gasteiger partial charge in [-0.15, -0.1) is 0 Å². The van der Waals surface area contributed by atoms with Crippen LogP contribution in [-0.4, -0.2) is 41.4 Å². The van der Waals surface area contributed by atoms with Crippen molar-refractivity contribution in [2.75, 3.05) is 13.7 Å². The summed E-state index contributed by atoms with van der Waals surface area (Å²) in [6, 6.07) is 9.22. The number of carboxylic acid groups (broad SMARTS) is 1. The third-order valence-electron chi connectivity index (χ3n) is 3.43. The SMILES string of the molecule is CO[C@]1(C(=O)O)CCCN1C(=O)OCc1ccccc1. The number of ether oxygens (including phenoxy) is 2. The van der Waals surface area contributed by atoms with Crippen LogP contribution in [0.15, 0.2) is 30.3 Å². The van der Waals surface area contributed by atoms with Crippen LogP contribution in [0.3, 0.4) is 0 Å². The number of nitrogens with zero attached hydrogens (tertiary/aromatic N) is 1. The highest BCUT2D eigenvalue weighted by atomic mass is 16.6. The number of amides is 1. The fraction of sp³-hybridized carbons (Fsp3) is 0.429. The van der Waals surface area contributed by atoms with Gasteiger partial charge in [0.1, 0.15) is 6.61 Å². The number of carbonyl (C=O) groups is 2. The number of carboxylic acids is 1. The Morgan fingerprint density at radius 3 is 2.65 bits per heavy atom. The standard InChI is InChI=1S/C14H17NO5/c1-19-14(12(16)17)8-5-9-15(14)13(18)20-10-11-6-3-2-4-7-11/h2-4,6-7H,5,8-10H2,1H3,(H,16,17)/t14-/m0/s1. The highest BCUT2D eigenvalue weighted by Gasteiger charge is 2.51. The van der Waals surface area contributed by atoms with Gasteiger partial charge in [0, 0.05) is 20.1 Å². The summed E-state index contributed by atoms with van der Waals surface area (Å²) in [6.07, 6.45) is 0.162. The van der Waals surface area contributed by atoms with E-state index in [1.54, 1.807) is 0 Å². The number of carbonyl (C=O) groups excluding carboxylic acids is 1. The summed E-state index contributed by atoms with van der Waals surface area (Å²) in [4.78, 5) is 24.6. The number of likely N-dealkylation sites (tertiary alicyclic amines) is 1. The monoisotopic (exact) mass is 279 g/mol. The molecule has 0 aromatic heterocycles. The second-order valence-electron chi connectivity index (χ2n) is 4.59. The maximum absolute atomic E-state index is 12.1. The normalized spacial score (nSPS) is 21.8. The summed E-state index contributed by atoms with van der Waals surface area (Å²) < 4.78 is 10.2. The molecule has 1 amide bonds. The third kappa shape index (κ3) is 2.60. The quantitative estimate of drug-likeness (QED) is 0.910. The van der Waals surface area contributed by atoms with E-state index in [2.05, 4.69) is 0 Å². The van der Waals surface area contributed by atoms with Crippen LogP contribution in [0.5, 0.6) is 0 Å². The minimum Gasteiger partial charge on any atom is -0.478 e. The molecule has 6 nitrogen and oxygen atoms in total. The molecule has 0 unspecified atom stereocenters. The lowest BCUT2D eigenvalue weighted by Gasteiger charge is -2.32. The Balaban J connectivity index is 2.03. The van der Waals surface area contributed by atoms with Gasteiger partial charge in [-0.05, 0) is 12.0 Å². The van der Waals surface area contributed by atoms with Gasteiger partial charge < -0.3 is 14.6 Å². The molecular formula is C14H17NO5. The van der Waals surface area contributed by atoms with Crippen LogP contribution >= 0.6 is 0 Å². The first-order valence-electron chi connectivity index (χ1n) is 6.37. The van der Waals surface area contributed by atoms with Crippen molar-refractivity contribution in [3.63, 3.8) is 0 Å². The lowest BCUT2D eigenvalue weighted by atomic mass is 10.1. The van der Waals surface area contributed by atoms with E-state index in [0.29, 0.717) is 13.0 Å². The Kier molecular flexibility index (Phi) is 4.24. The summed E-state index contributed by atoms with van der Waals surface area (Å²) in [5.41, 5.74) is -0.758. The Hall–Kier alpha value is -2.08. The lowest BCUT2D eigenvalue weighted by Crippen LogP contribution is -2.54. The van der Waals surface area contributed by atoms with Crippen molar-refractivity contribution in [2.45, 2.75) is 25.2 Å². The zero-order chi connectivity index (χ0) is 14.6. The highest BCUT2D eigenvalue weighted by molar-refractivity contribution is 5.83. The van der Waals surface area contributed by atoms with E-state index in [0.717, 1.165) is 10.5 Å². The minimum atomic E-state index is -1.60. The second-order valence-corrected chi connectivity index (χ2v) is 4.59. The molecule has 0 aliphatic carbocycles. The molecule has 1 N–H and O–H groups in total. The van der Waals surface area contributed by atoms with Gasteiger partial charge >= 0.3 is 12.1 Å². The van der Waals surface area contributed by atoms with Crippen molar-refractivity contribution in [1.29, 1.82) is 0 Å². The summed E-state index contributed by atoms with van der Waals surface area (Å²) in [6.45, 7) is 0.420. The molecular weight excluding hydrogens is 262 g/mol. The molecule has 1 saturated heterocycles. The Bertz CT molecular complexity index is 490. The molecule has 1 fully saturated rings.